The Balaban J connectivity index is 1.31. The molecule has 1 N–H and O–H groups in total. The molecule has 10 aromatic rings. The fourth-order valence-corrected chi connectivity index (χ4v) is 9.65. The second kappa shape index (κ2) is 12.4. The minimum Gasteiger partial charge on any atom is -0.353 e. The average molecular weight is 717 g/mol. The monoisotopic (exact) mass is 716 g/mol. The number of aromatic nitrogens is 2. The van der Waals surface area contributed by atoms with Crippen LogP contribution in [0.1, 0.15) is 22.3 Å². The summed E-state index contributed by atoms with van der Waals surface area (Å²) in [7, 11) is 2.43. The third-order valence-electron chi connectivity index (χ3n) is 11.9. The van der Waals surface area contributed by atoms with Crippen LogP contribution in [0.25, 0.3) is 77.2 Å². The van der Waals surface area contributed by atoms with Gasteiger partial charge in [-0.2, -0.15) is 0 Å². The van der Waals surface area contributed by atoms with E-state index in [0.717, 1.165) is 28.1 Å². The van der Waals surface area contributed by atoms with Crippen LogP contribution in [-0.2, 0) is 0 Å². The fourth-order valence-electron chi connectivity index (χ4n) is 9.65. The van der Waals surface area contributed by atoms with Crippen molar-refractivity contribution in [3.63, 3.8) is 0 Å². The number of para-hydroxylation sites is 5. The van der Waals surface area contributed by atoms with Crippen molar-refractivity contribution in [3.8, 4) is 33.6 Å². The summed E-state index contributed by atoms with van der Waals surface area (Å²) >= 11 is 0. The number of nitrogens with zero attached hydrogens (tertiary/aromatic N) is 2. The Labute approximate surface area is 327 Å². The molecule has 0 atom stereocenters. The molecule has 0 aliphatic carbocycles. The van der Waals surface area contributed by atoms with Gasteiger partial charge in [0.2, 0.25) is 0 Å². The lowest BCUT2D eigenvalue weighted by Gasteiger charge is -2.27. The molecule has 2 aromatic heterocycles. The zero-order chi connectivity index (χ0) is 37.7. The van der Waals surface area contributed by atoms with Gasteiger partial charge in [-0.1, -0.05) is 126 Å². The molecule has 0 saturated heterocycles. The zero-order valence-corrected chi connectivity index (χ0v) is 32.0. The quantitative estimate of drug-likeness (QED) is 0.176. The molecule has 0 unspecified atom stereocenters. The van der Waals surface area contributed by atoms with Crippen molar-refractivity contribution in [3.05, 3.63) is 180 Å². The van der Waals surface area contributed by atoms with Gasteiger partial charge in [0.15, 0.2) is 7.28 Å². The third kappa shape index (κ3) is 4.78. The summed E-state index contributed by atoms with van der Waals surface area (Å²) in [6.07, 6.45) is 0. The Morgan fingerprint density at radius 3 is 1.88 bits per heavy atom. The largest absolute Gasteiger partial charge is 0.353 e. The summed E-state index contributed by atoms with van der Waals surface area (Å²) in [5, 5.41) is 9.07. The van der Waals surface area contributed by atoms with E-state index in [4.69, 9.17) is 0 Å². The molecule has 3 nitrogen and oxygen atoms in total. The van der Waals surface area contributed by atoms with Gasteiger partial charge in [-0.05, 0) is 109 Å². The van der Waals surface area contributed by atoms with Crippen molar-refractivity contribution in [2.75, 3.05) is 5.32 Å². The van der Waals surface area contributed by atoms with Crippen molar-refractivity contribution in [2.24, 2.45) is 0 Å². The SMILES string of the molecule is Cc1cc(C)c(-c2cc(-c3ccc4c5ccccc5n(-c5ccccc5)c4c3Nc3ccccc3C)c3c(c2)-n2c4ccccc4c4cccc(c42)[B]3)c(C)c1. The average Bonchev–Trinajstić information content (AvgIpc) is 3.73. The van der Waals surface area contributed by atoms with Gasteiger partial charge in [0, 0.05) is 49.7 Å². The number of hydrogen-bond acceptors (Lipinski definition) is 1. The van der Waals surface area contributed by atoms with Crippen LogP contribution in [0.3, 0.4) is 0 Å². The molecule has 265 valence electrons. The van der Waals surface area contributed by atoms with Crippen LogP contribution in [0.5, 0.6) is 0 Å². The van der Waals surface area contributed by atoms with E-state index in [9.17, 15) is 0 Å². The van der Waals surface area contributed by atoms with E-state index < -0.39 is 0 Å². The van der Waals surface area contributed by atoms with Crippen LogP contribution in [0.2, 0.25) is 0 Å². The minimum atomic E-state index is 1.09. The van der Waals surface area contributed by atoms with Crippen molar-refractivity contribution < 1.29 is 0 Å². The Kier molecular flexibility index (Phi) is 7.21. The first-order valence-electron chi connectivity index (χ1n) is 19.5. The molecule has 1 radical (unpaired) electrons. The van der Waals surface area contributed by atoms with Crippen LogP contribution in [0, 0.1) is 27.7 Å². The molecule has 11 rings (SSSR count). The van der Waals surface area contributed by atoms with E-state index in [0.29, 0.717) is 0 Å². The molecule has 0 spiro atoms. The summed E-state index contributed by atoms with van der Waals surface area (Å²) < 4.78 is 4.97. The van der Waals surface area contributed by atoms with Gasteiger partial charge in [-0.3, -0.25) is 0 Å². The van der Waals surface area contributed by atoms with Gasteiger partial charge in [-0.25, -0.2) is 0 Å². The van der Waals surface area contributed by atoms with Gasteiger partial charge in [-0.15, -0.1) is 0 Å². The van der Waals surface area contributed by atoms with Crippen molar-refractivity contribution >= 4 is 73.2 Å². The first kappa shape index (κ1) is 32.6. The predicted octanol–water partition coefficient (Wildman–Crippen LogP) is 12.2. The maximum Gasteiger partial charge on any atom is 0.197 e. The Hall–Kier alpha value is -6.78. The van der Waals surface area contributed by atoms with E-state index in [1.807, 2.05) is 0 Å². The molecule has 8 aromatic carbocycles. The molecule has 1 aliphatic rings. The lowest BCUT2D eigenvalue weighted by molar-refractivity contribution is 1.18. The molecule has 56 heavy (non-hydrogen) atoms. The lowest BCUT2D eigenvalue weighted by atomic mass is 9.58. The van der Waals surface area contributed by atoms with Crippen LogP contribution in [-0.4, -0.2) is 16.4 Å². The summed E-state index contributed by atoms with van der Waals surface area (Å²) in [6, 6.07) is 58.1. The zero-order valence-electron chi connectivity index (χ0n) is 32.0. The van der Waals surface area contributed by atoms with Crippen LogP contribution in [0.4, 0.5) is 11.4 Å². The van der Waals surface area contributed by atoms with Crippen LogP contribution < -0.4 is 16.2 Å². The number of nitrogens with one attached hydrogen (secondary N) is 1. The van der Waals surface area contributed by atoms with Crippen LogP contribution >= 0.6 is 0 Å². The minimum absolute atomic E-state index is 1.09. The summed E-state index contributed by atoms with van der Waals surface area (Å²) in [6.45, 7) is 8.90. The topological polar surface area (TPSA) is 21.9 Å². The number of hydrogen-bond donors (Lipinski definition) is 1. The maximum atomic E-state index is 4.07. The first-order chi connectivity index (χ1) is 27.4. The normalized spacial score (nSPS) is 12.1. The molecular formula is C52H39BN3. The van der Waals surface area contributed by atoms with Gasteiger partial charge >= 0.3 is 0 Å². The van der Waals surface area contributed by atoms with Crippen LogP contribution in [0.15, 0.2) is 158 Å². The number of benzene rings is 8. The van der Waals surface area contributed by atoms with Crippen molar-refractivity contribution in [1.82, 2.24) is 9.13 Å². The molecule has 0 fully saturated rings. The van der Waals surface area contributed by atoms with Gasteiger partial charge in [0.05, 0.1) is 22.2 Å². The van der Waals surface area contributed by atoms with Crippen molar-refractivity contribution in [2.45, 2.75) is 27.7 Å². The number of fused-ring (bicyclic) bond motifs is 8. The van der Waals surface area contributed by atoms with E-state index in [-0.39, 0.29) is 0 Å². The third-order valence-corrected chi connectivity index (χ3v) is 11.9. The van der Waals surface area contributed by atoms with E-state index in [1.165, 1.54) is 93.7 Å². The first-order valence-corrected chi connectivity index (χ1v) is 19.5. The van der Waals surface area contributed by atoms with E-state index in [1.54, 1.807) is 0 Å². The number of rotatable bonds is 5. The Morgan fingerprint density at radius 1 is 0.482 bits per heavy atom. The standard InChI is InChI=1S/C52H39BN3/c1-31-27-33(3)48(34(4)28-31)35-29-42(49-47(30-35)56-46-24-13-10-18-37(46)40-20-14-21-43(53-49)51(40)56)39-25-26-41-38-19-9-12-23-45(38)55(36-16-6-5-7-17-36)52(41)50(39)54-44-22-11-8-15-32(44)2/h5-30,54H,1-4H3. The highest BCUT2D eigenvalue weighted by Crippen LogP contribution is 2.45. The molecule has 0 saturated carbocycles. The summed E-state index contributed by atoms with van der Waals surface area (Å²) in [5.41, 5.74) is 21.7. The Morgan fingerprint density at radius 2 is 1.12 bits per heavy atom. The highest BCUT2D eigenvalue weighted by atomic mass is 15.0. The van der Waals surface area contributed by atoms with E-state index >= 15 is 0 Å². The second-order valence-electron chi connectivity index (χ2n) is 15.5. The maximum absolute atomic E-state index is 4.07. The highest BCUT2D eigenvalue weighted by Gasteiger charge is 2.29. The molecular weight excluding hydrogens is 677 g/mol. The summed E-state index contributed by atoms with van der Waals surface area (Å²) in [4.78, 5) is 0. The second-order valence-corrected chi connectivity index (χ2v) is 15.5. The molecule has 4 heteroatoms. The number of anilines is 2. The van der Waals surface area contributed by atoms with E-state index in [2.05, 4.69) is 207 Å². The Bertz CT molecular complexity index is 3210. The van der Waals surface area contributed by atoms with Gasteiger partial charge in [0.1, 0.15) is 0 Å². The molecule has 3 heterocycles. The number of aryl methyl sites for hydroxylation is 4. The lowest BCUT2D eigenvalue weighted by Crippen LogP contribution is -2.37. The fraction of sp³-hybridized carbons (Fsp3) is 0.0769. The molecule has 1 aliphatic heterocycles. The summed E-state index contributed by atoms with van der Waals surface area (Å²) in [5.74, 6) is 0. The molecule has 0 bridgehead atoms. The highest BCUT2D eigenvalue weighted by molar-refractivity contribution is 6.73. The predicted molar refractivity (Wildman–Crippen MR) is 240 cm³/mol. The van der Waals surface area contributed by atoms with Gasteiger partial charge < -0.3 is 14.5 Å². The smallest absolute Gasteiger partial charge is 0.197 e. The van der Waals surface area contributed by atoms with Crippen molar-refractivity contribution in [1.29, 1.82) is 0 Å². The molecule has 0 amide bonds. The van der Waals surface area contributed by atoms with Gasteiger partial charge in [0.25, 0.3) is 0 Å².